The highest BCUT2D eigenvalue weighted by molar-refractivity contribution is 7.99. The van der Waals surface area contributed by atoms with E-state index in [9.17, 15) is 9.59 Å². The minimum absolute atomic E-state index is 0.0520. The summed E-state index contributed by atoms with van der Waals surface area (Å²) in [5.74, 6) is 1.75. The van der Waals surface area contributed by atoms with Gasteiger partial charge < -0.3 is 9.47 Å². The van der Waals surface area contributed by atoms with Crippen LogP contribution in [0.4, 0.5) is 0 Å². The van der Waals surface area contributed by atoms with Crippen LogP contribution in [0, 0.1) is 5.92 Å². The molecule has 0 spiro atoms. The van der Waals surface area contributed by atoms with Crippen molar-refractivity contribution in [2.75, 3.05) is 18.8 Å². The zero-order valence-electron chi connectivity index (χ0n) is 13.6. The Morgan fingerprint density at radius 3 is 2.71 bits per heavy atom. The van der Waals surface area contributed by atoms with E-state index in [0.717, 1.165) is 25.3 Å². The standard InChI is InChI=1S/C19H22N2O2S/c22-18-8-4-5-11-20(18)13-10-19(23)21-12-9-16(14-21)15-24-17-6-2-1-3-7-17/h1-8,11,16H,9-10,12-15H2. The lowest BCUT2D eigenvalue weighted by Crippen LogP contribution is -2.30. The molecular weight excluding hydrogens is 320 g/mol. The predicted molar refractivity (Wildman–Crippen MR) is 97.2 cm³/mol. The molecule has 1 saturated heterocycles. The molecule has 1 unspecified atom stereocenters. The summed E-state index contributed by atoms with van der Waals surface area (Å²) in [7, 11) is 0. The van der Waals surface area contributed by atoms with Gasteiger partial charge in [0.2, 0.25) is 5.91 Å². The van der Waals surface area contributed by atoms with Gasteiger partial charge in [-0.15, -0.1) is 11.8 Å². The van der Waals surface area contributed by atoms with Gasteiger partial charge >= 0.3 is 0 Å². The molecule has 2 heterocycles. The molecule has 126 valence electrons. The smallest absolute Gasteiger partial charge is 0.250 e. The number of hydrogen-bond donors (Lipinski definition) is 0. The molecule has 3 rings (SSSR count). The monoisotopic (exact) mass is 342 g/mol. The third kappa shape index (κ3) is 4.51. The number of benzene rings is 1. The van der Waals surface area contributed by atoms with Crippen LogP contribution in [0.3, 0.4) is 0 Å². The first kappa shape index (κ1) is 16.8. The molecule has 1 fully saturated rings. The average Bonchev–Trinajstić information content (AvgIpc) is 3.09. The molecule has 0 radical (unpaired) electrons. The average molecular weight is 342 g/mol. The fraction of sp³-hybridized carbons (Fsp3) is 0.368. The Morgan fingerprint density at radius 2 is 1.92 bits per heavy atom. The fourth-order valence-electron chi connectivity index (χ4n) is 2.95. The molecule has 24 heavy (non-hydrogen) atoms. The number of aryl methyl sites for hydroxylation is 1. The minimum Gasteiger partial charge on any atom is -0.342 e. The Kier molecular flexibility index (Phi) is 5.75. The Bertz CT molecular complexity index is 729. The second-order valence-corrected chi connectivity index (χ2v) is 7.19. The van der Waals surface area contributed by atoms with Crippen molar-refractivity contribution in [1.29, 1.82) is 0 Å². The first-order chi connectivity index (χ1) is 11.7. The summed E-state index contributed by atoms with van der Waals surface area (Å²) < 4.78 is 1.59. The van der Waals surface area contributed by atoms with E-state index in [1.807, 2.05) is 28.8 Å². The summed E-state index contributed by atoms with van der Waals surface area (Å²) >= 11 is 1.86. The molecule has 0 aliphatic carbocycles. The van der Waals surface area contributed by atoms with Gasteiger partial charge in [-0.3, -0.25) is 9.59 Å². The van der Waals surface area contributed by atoms with E-state index < -0.39 is 0 Å². The number of hydrogen-bond acceptors (Lipinski definition) is 3. The van der Waals surface area contributed by atoms with Gasteiger partial charge in [0.25, 0.3) is 5.56 Å². The quantitative estimate of drug-likeness (QED) is 0.758. The molecule has 5 heteroatoms. The third-order valence-corrected chi connectivity index (χ3v) is 5.58. The highest BCUT2D eigenvalue weighted by atomic mass is 32.2. The third-order valence-electron chi connectivity index (χ3n) is 4.33. The van der Waals surface area contributed by atoms with Crippen molar-refractivity contribution < 1.29 is 4.79 Å². The number of aromatic nitrogens is 1. The summed E-state index contributed by atoms with van der Waals surface area (Å²) in [6.07, 6.45) is 3.19. The molecule has 1 aliphatic heterocycles. The SMILES string of the molecule is O=C(CCn1ccccc1=O)N1CCC(CSc2ccccc2)C1. The van der Waals surface area contributed by atoms with Crippen LogP contribution in [0.5, 0.6) is 0 Å². The van der Waals surface area contributed by atoms with Gasteiger partial charge in [0, 0.05) is 49.0 Å². The zero-order chi connectivity index (χ0) is 16.8. The van der Waals surface area contributed by atoms with Gasteiger partial charge in [0.05, 0.1) is 0 Å². The number of likely N-dealkylation sites (tertiary alicyclic amines) is 1. The maximum atomic E-state index is 12.4. The Labute approximate surface area is 146 Å². The van der Waals surface area contributed by atoms with Crippen LogP contribution >= 0.6 is 11.8 Å². The lowest BCUT2D eigenvalue weighted by molar-refractivity contribution is -0.130. The Hall–Kier alpha value is -2.01. The van der Waals surface area contributed by atoms with Gasteiger partial charge in [-0.2, -0.15) is 0 Å². The van der Waals surface area contributed by atoms with E-state index in [-0.39, 0.29) is 11.5 Å². The van der Waals surface area contributed by atoms with Gasteiger partial charge in [-0.1, -0.05) is 24.3 Å². The van der Waals surface area contributed by atoms with E-state index in [2.05, 4.69) is 24.3 Å². The number of carbonyl (C=O) groups excluding carboxylic acids is 1. The molecule has 4 nitrogen and oxygen atoms in total. The molecule has 1 amide bonds. The van der Waals surface area contributed by atoms with Crippen molar-refractivity contribution in [3.63, 3.8) is 0 Å². The number of thioether (sulfide) groups is 1. The van der Waals surface area contributed by atoms with Gasteiger partial charge in [0.1, 0.15) is 0 Å². The first-order valence-electron chi connectivity index (χ1n) is 8.33. The Balaban J connectivity index is 1.44. The van der Waals surface area contributed by atoms with E-state index in [1.54, 1.807) is 16.8 Å². The van der Waals surface area contributed by atoms with Crippen LogP contribution in [-0.4, -0.2) is 34.2 Å². The summed E-state index contributed by atoms with van der Waals surface area (Å²) in [5, 5.41) is 0. The van der Waals surface area contributed by atoms with Crippen molar-refractivity contribution >= 4 is 17.7 Å². The van der Waals surface area contributed by atoms with E-state index in [0.29, 0.717) is 18.9 Å². The number of amides is 1. The molecule has 1 aromatic carbocycles. The van der Waals surface area contributed by atoms with Crippen molar-refractivity contribution in [2.24, 2.45) is 5.92 Å². The number of nitrogens with zero attached hydrogens (tertiary/aromatic N) is 2. The molecule has 0 saturated carbocycles. The molecule has 2 aromatic rings. The molecule has 1 aliphatic rings. The summed E-state index contributed by atoms with van der Waals surface area (Å²) in [5.41, 5.74) is -0.0520. The number of pyridine rings is 1. The Morgan fingerprint density at radius 1 is 1.12 bits per heavy atom. The molecule has 0 N–H and O–H groups in total. The molecule has 1 aromatic heterocycles. The lowest BCUT2D eigenvalue weighted by Gasteiger charge is -2.17. The van der Waals surface area contributed by atoms with E-state index in [1.165, 1.54) is 11.0 Å². The highest BCUT2D eigenvalue weighted by Gasteiger charge is 2.25. The van der Waals surface area contributed by atoms with E-state index >= 15 is 0 Å². The second kappa shape index (κ2) is 8.20. The predicted octanol–water partition coefficient (Wildman–Crippen LogP) is 2.88. The van der Waals surface area contributed by atoms with Crippen LogP contribution in [0.25, 0.3) is 0 Å². The lowest BCUT2D eigenvalue weighted by atomic mass is 10.2. The second-order valence-electron chi connectivity index (χ2n) is 6.10. The normalized spacial score (nSPS) is 17.2. The van der Waals surface area contributed by atoms with Gasteiger partial charge in [0.15, 0.2) is 0 Å². The van der Waals surface area contributed by atoms with Crippen LogP contribution in [0.15, 0.2) is 64.4 Å². The molecular formula is C19H22N2O2S. The largest absolute Gasteiger partial charge is 0.342 e. The first-order valence-corrected chi connectivity index (χ1v) is 9.32. The molecule has 0 bridgehead atoms. The van der Waals surface area contributed by atoms with Crippen LogP contribution in [0.1, 0.15) is 12.8 Å². The fourth-order valence-corrected chi connectivity index (χ4v) is 4.00. The van der Waals surface area contributed by atoms with Crippen LogP contribution < -0.4 is 5.56 Å². The maximum absolute atomic E-state index is 12.4. The van der Waals surface area contributed by atoms with Crippen LogP contribution in [0.2, 0.25) is 0 Å². The van der Waals surface area contributed by atoms with Gasteiger partial charge in [-0.25, -0.2) is 0 Å². The minimum atomic E-state index is -0.0520. The van der Waals surface area contributed by atoms with Gasteiger partial charge in [-0.05, 0) is 30.5 Å². The van der Waals surface area contributed by atoms with Crippen LogP contribution in [-0.2, 0) is 11.3 Å². The van der Waals surface area contributed by atoms with Crippen molar-refractivity contribution in [3.8, 4) is 0 Å². The molecule has 1 atom stereocenters. The maximum Gasteiger partial charge on any atom is 0.250 e. The summed E-state index contributed by atoms with van der Waals surface area (Å²) in [4.78, 5) is 27.2. The van der Waals surface area contributed by atoms with Crippen molar-refractivity contribution in [1.82, 2.24) is 9.47 Å². The van der Waals surface area contributed by atoms with Crippen molar-refractivity contribution in [3.05, 3.63) is 65.1 Å². The van der Waals surface area contributed by atoms with E-state index in [4.69, 9.17) is 0 Å². The highest BCUT2D eigenvalue weighted by Crippen LogP contribution is 2.26. The zero-order valence-corrected chi connectivity index (χ0v) is 14.5. The topological polar surface area (TPSA) is 42.3 Å². The number of carbonyl (C=O) groups is 1. The summed E-state index contributed by atoms with van der Waals surface area (Å²) in [6, 6.07) is 15.4. The van der Waals surface area contributed by atoms with Crippen molar-refractivity contribution in [2.45, 2.75) is 24.3 Å². The number of rotatable bonds is 6. The summed E-state index contributed by atoms with van der Waals surface area (Å²) in [6.45, 7) is 2.13.